The minimum Gasteiger partial charge on any atom is -0.456 e. The molecule has 2 rings (SSSR count). The Balaban J connectivity index is 2.18. The molecule has 0 heterocycles. The van der Waals surface area contributed by atoms with Crippen LogP contribution in [0.3, 0.4) is 0 Å². The van der Waals surface area contributed by atoms with Gasteiger partial charge in [-0.05, 0) is 52.4 Å². The molecule has 0 aromatic heterocycles. The molecule has 2 aromatic carbocycles. The van der Waals surface area contributed by atoms with E-state index in [4.69, 9.17) is 9.84 Å². The summed E-state index contributed by atoms with van der Waals surface area (Å²) in [5.74, 6) is 1.63. The molecule has 1 N–H and O–H groups in total. The minimum absolute atomic E-state index is 0.0587. The lowest BCUT2D eigenvalue weighted by Gasteiger charge is -2.07. The van der Waals surface area contributed by atoms with Gasteiger partial charge in [0.05, 0.1) is 10.2 Å². The van der Waals surface area contributed by atoms with Gasteiger partial charge in [-0.2, -0.15) is 0 Å². The number of rotatable bonds is 3. The van der Waals surface area contributed by atoms with Crippen LogP contribution >= 0.6 is 22.6 Å². The highest BCUT2D eigenvalue weighted by Gasteiger charge is 2.01. The second-order valence-electron chi connectivity index (χ2n) is 3.33. The van der Waals surface area contributed by atoms with Gasteiger partial charge in [0, 0.05) is 0 Å². The molecule has 0 unspecified atom stereocenters. The van der Waals surface area contributed by atoms with Crippen LogP contribution in [0.2, 0.25) is 0 Å². The molecule has 2 nitrogen and oxygen atoms in total. The van der Waals surface area contributed by atoms with Crippen molar-refractivity contribution in [2.75, 3.05) is 0 Å². The lowest BCUT2D eigenvalue weighted by molar-refractivity contribution is 0.281. The van der Waals surface area contributed by atoms with Crippen LogP contribution in [0, 0.1) is 3.57 Å². The molecule has 0 saturated carbocycles. The van der Waals surface area contributed by atoms with Crippen molar-refractivity contribution in [3.8, 4) is 11.5 Å². The average Bonchev–Trinajstić information content (AvgIpc) is 2.33. The Kier molecular flexibility index (Phi) is 3.79. The summed E-state index contributed by atoms with van der Waals surface area (Å²) in [7, 11) is 0. The highest BCUT2D eigenvalue weighted by Crippen LogP contribution is 2.26. The second-order valence-corrected chi connectivity index (χ2v) is 4.50. The van der Waals surface area contributed by atoms with Crippen molar-refractivity contribution < 1.29 is 9.84 Å². The Bertz CT molecular complexity index is 466. The smallest absolute Gasteiger partial charge is 0.140 e. The molecule has 82 valence electrons. The van der Waals surface area contributed by atoms with Gasteiger partial charge in [0.15, 0.2) is 0 Å². The number of halogens is 1. The molecule has 0 spiro atoms. The molecule has 0 saturated heterocycles. The van der Waals surface area contributed by atoms with Crippen molar-refractivity contribution in [1.82, 2.24) is 0 Å². The van der Waals surface area contributed by atoms with Gasteiger partial charge >= 0.3 is 0 Å². The van der Waals surface area contributed by atoms with Gasteiger partial charge in [0.1, 0.15) is 11.5 Å². The lowest BCUT2D eigenvalue weighted by Crippen LogP contribution is -1.88. The SMILES string of the molecule is OCc1ccc(Oc2ccccc2I)cc1. The van der Waals surface area contributed by atoms with E-state index in [1.807, 2.05) is 48.5 Å². The fraction of sp³-hybridized carbons (Fsp3) is 0.0769. The quantitative estimate of drug-likeness (QED) is 0.874. The van der Waals surface area contributed by atoms with Crippen molar-refractivity contribution >= 4 is 22.6 Å². The van der Waals surface area contributed by atoms with Crippen LogP contribution in [0.1, 0.15) is 5.56 Å². The van der Waals surface area contributed by atoms with Gasteiger partial charge in [-0.1, -0.05) is 24.3 Å². The number of hydrogen-bond donors (Lipinski definition) is 1. The van der Waals surface area contributed by atoms with Crippen molar-refractivity contribution in [2.24, 2.45) is 0 Å². The maximum atomic E-state index is 8.92. The molecule has 0 atom stereocenters. The van der Waals surface area contributed by atoms with Crippen molar-refractivity contribution in [2.45, 2.75) is 6.61 Å². The summed E-state index contributed by atoms with van der Waals surface area (Å²) >= 11 is 2.24. The van der Waals surface area contributed by atoms with Crippen molar-refractivity contribution in [1.29, 1.82) is 0 Å². The Morgan fingerprint density at radius 3 is 2.31 bits per heavy atom. The lowest BCUT2D eigenvalue weighted by atomic mass is 10.2. The summed E-state index contributed by atoms with van der Waals surface area (Å²) in [5, 5.41) is 8.92. The zero-order valence-electron chi connectivity index (χ0n) is 8.56. The predicted octanol–water partition coefficient (Wildman–Crippen LogP) is 3.58. The molecule has 0 radical (unpaired) electrons. The fourth-order valence-corrected chi connectivity index (χ4v) is 1.81. The molecule has 0 aliphatic rings. The fourth-order valence-electron chi connectivity index (χ4n) is 1.32. The molecule has 3 heteroatoms. The highest BCUT2D eigenvalue weighted by atomic mass is 127. The summed E-state index contributed by atoms with van der Waals surface area (Å²) in [4.78, 5) is 0. The largest absolute Gasteiger partial charge is 0.456 e. The van der Waals surface area contributed by atoms with Crippen LogP contribution in [0.15, 0.2) is 48.5 Å². The first-order valence-corrected chi connectivity index (χ1v) is 5.99. The normalized spacial score (nSPS) is 10.1. The number of para-hydroxylation sites is 1. The van der Waals surface area contributed by atoms with Crippen LogP contribution in [0.5, 0.6) is 11.5 Å². The number of ether oxygens (including phenoxy) is 1. The third-order valence-electron chi connectivity index (χ3n) is 2.17. The van der Waals surface area contributed by atoms with Crippen LogP contribution in [-0.2, 0) is 6.61 Å². The summed E-state index contributed by atoms with van der Waals surface area (Å²) in [5.41, 5.74) is 0.884. The van der Waals surface area contributed by atoms with Crippen LogP contribution in [0.4, 0.5) is 0 Å². The highest BCUT2D eigenvalue weighted by molar-refractivity contribution is 14.1. The van der Waals surface area contributed by atoms with E-state index in [2.05, 4.69) is 22.6 Å². The van der Waals surface area contributed by atoms with E-state index in [0.717, 1.165) is 20.6 Å². The second kappa shape index (κ2) is 5.32. The molecular weight excluding hydrogens is 315 g/mol. The first kappa shape index (κ1) is 11.4. The van der Waals surface area contributed by atoms with E-state index < -0.39 is 0 Å². The zero-order chi connectivity index (χ0) is 11.4. The van der Waals surface area contributed by atoms with Gasteiger partial charge < -0.3 is 9.84 Å². The van der Waals surface area contributed by atoms with E-state index in [1.165, 1.54) is 0 Å². The van der Waals surface area contributed by atoms with E-state index in [-0.39, 0.29) is 6.61 Å². The molecule has 0 aliphatic heterocycles. The summed E-state index contributed by atoms with van der Waals surface area (Å²) in [6.45, 7) is 0.0587. The van der Waals surface area contributed by atoms with E-state index in [9.17, 15) is 0 Å². The summed E-state index contributed by atoms with van der Waals surface area (Å²) in [6.07, 6.45) is 0. The standard InChI is InChI=1S/C13H11IO2/c14-12-3-1-2-4-13(12)16-11-7-5-10(9-15)6-8-11/h1-8,15H,9H2. The third kappa shape index (κ3) is 2.74. The Hall–Kier alpha value is -1.07. The van der Waals surface area contributed by atoms with E-state index in [1.54, 1.807) is 0 Å². The molecular formula is C13H11IO2. The molecule has 0 fully saturated rings. The van der Waals surface area contributed by atoms with Gasteiger partial charge in [-0.3, -0.25) is 0 Å². The average molecular weight is 326 g/mol. The van der Waals surface area contributed by atoms with E-state index >= 15 is 0 Å². The number of aliphatic hydroxyl groups is 1. The predicted molar refractivity (Wildman–Crippen MR) is 71.6 cm³/mol. The third-order valence-corrected chi connectivity index (χ3v) is 3.06. The van der Waals surface area contributed by atoms with Gasteiger partial charge in [-0.25, -0.2) is 0 Å². The molecule has 2 aromatic rings. The zero-order valence-corrected chi connectivity index (χ0v) is 10.7. The topological polar surface area (TPSA) is 29.5 Å². The number of hydrogen-bond acceptors (Lipinski definition) is 2. The maximum absolute atomic E-state index is 8.92. The monoisotopic (exact) mass is 326 g/mol. The van der Waals surface area contributed by atoms with E-state index in [0.29, 0.717) is 0 Å². The summed E-state index contributed by atoms with van der Waals surface area (Å²) < 4.78 is 6.79. The maximum Gasteiger partial charge on any atom is 0.140 e. The first-order valence-electron chi connectivity index (χ1n) is 4.92. The van der Waals surface area contributed by atoms with Crippen LogP contribution in [0.25, 0.3) is 0 Å². The Labute approximate surface area is 108 Å². The summed E-state index contributed by atoms with van der Waals surface area (Å²) in [6, 6.07) is 15.3. The van der Waals surface area contributed by atoms with Crippen molar-refractivity contribution in [3.63, 3.8) is 0 Å². The van der Waals surface area contributed by atoms with Gasteiger partial charge in [0.25, 0.3) is 0 Å². The Morgan fingerprint density at radius 1 is 1.00 bits per heavy atom. The van der Waals surface area contributed by atoms with Crippen LogP contribution < -0.4 is 4.74 Å². The molecule has 0 amide bonds. The molecule has 16 heavy (non-hydrogen) atoms. The van der Waals surface area contributed by atoms with Crippen LogP contribution in [-0.4, -0.2) is 5.11 Å². The number of aliphatic hydroxyl groups excluding tert-OH is 1. The molecule has 0 aliphatic carbocycles. The number of benzene rings is 2. The first-order chi connectivity index (χ1) is 7.79. The van der Waals surface area contributed by atoms with Gasteiger partial charge in [0.2, 0.25) is 0 Å². The molecule has 0 bridgehead atoms. The van der Waals surface area contributed by atoms with Gasteiger partial charge in [-0.15, -0.1) is 0 Å². The van der Waals surface area contributed by atoms with Crippen molar-refractivity contribution in [3.05, 3.63) is 57.7 Å². The minimum atomic E-state index is 0.0587. The Morgan fingerprint density at radius 2 is 1.69 bits per heavy atom.